The zero-order valence-corrected chi connectivity index (χ0v) is 10.9. The highest BCUT2D eigenvalue weighted by Gasteiger charge is 2.23. The summed E-state index contributed by atoms with van der Waals surface area (Å²) in [5, 5.41) is 8.64. The van der Waals surface area contributed by atoms with Crippen LogP contribution in [0.2, 0.25) is 0 Å². The van der Waals surface area contributed by atoms with E-state index in [0.29, 0.717) is 31.8 Å². The molecule has 1 N–H and O–H groups in total. The maximum absolute atomic E-state index is 12.0. The fourth-order valence-corrected chi connectivity index (χ4v) is 3.66. The zero-order valence-electron chi connectivity index (χ0n) is 10.1. The van der Waals surface area contributed by atoms with E-state index in [0.717, 1.165) is 19.3 Å². The molecule has 1 rings (SSSR count). The third-order valence-electron chi connectivity index (χ3n) is 3.18. The maximum atomic E-state index is 12.0. The summed E-state index contributed by atoms with van der Waals surface area (Å²) < 4.78 is 25.6. The van der Waals surface area contributed by atoms with Gasteiger partial charge in [-0.05, 0) is 38.0 Å². The third kappa shape index (κ3) is 4.39. The van der Waals surface area contributed by atoms with Crippen molar-refractivity contribution in [1.29, 1.82) is 0 Å². The Morgan fingerprint density at radius 3 is 2.69 bits per heavy atom. The van der Waals surface area contributed by atoms with Gasteiger partial charge in [0.2, 0.25) is 10.0 Å². The van der Waals surface area contributed by atoms with Gasteiger partial charge in [0.15, 0.2) is 0 Å². The second-order valence-electron chi connectivity index (χ2n) is 4.68. The number of sulfonamides is 1. The van der Waals surface area contributed by atoms with Crippen LogP contribution in [0.3, 0.4) is 0 Å². The van der Waals surface area contributed by atoms with Crippen LogP contribution < -0.4 is 0 Å². The van der Waals surface area contributed by atoms with Crippen LogP contribution in [0.25, 0.3) is 0 Å². The lowest BCUT2D eigenvalue weighted by Gasteiger charge is -2.19. The smallest absolute Gasteiger partial charge is 0.214 e. The SMILES string of the molecule is CC1CCCN(S(=O)(=O)CCCCO)CC1. The minimum Gasteiger partial charge on any atom is -0.396 e. The molecule has 1 atom stereocenters. The van der Waals surface area contributed by atoms with Gasteiger partial charge in [0.05, 0.1) is 5.75 Å². The Hall–Kier alpha value is -0.130. The van der Waals surface area contributed by atoms with Crippen LogP contribution in [-0.2, 0) is 10.0 Å². The van der Waals surface area contributed by atoms with Gasteiger partial charge in [-0.1, -0.05) is 6.92 Å². The molecule has 5 heteroatoms. The average Bonchev–Trinajstić information content (AvgIpc) is 2.43. The molecule has 0 radical (unpaired) electrons. The van der Waals surface area contributed by atoms with Gasteiger partial charge in [-0.15, -0.1) is 0 Å². The molecule has 1 heterocycles. The van der Waals surface area contributed by atoms with Crippen molar-refractivity contribution in [2.24, 2.45) is 5.92 Å². The van der Waals surface area contributed by atoms with E-state index in [2.05, 4.69) is 6.92 Å². The lowest BCUT2D eigenvalue weighted by molar-refractivity contribution is 0.287. The van der Waals surface area contributed by atoms with Crippen molar-refractivity contribution in [1.82, 2.24) is 4.31 Å². The van der Waals surface area contributed by atoms with Crippen molar-refractivity contribution in [3.63, 3.8) is 0 Å². The van der Waals surface area contributed by atoms with Gasteiger partial charge in [-0.3, -0.25) is 0 Å². The molecule has 0 bridgehead atoms. The first kappa shape index (κ1) is 13.9. The number of aliphatic hydroxyl groups excluding tert-OH is 1. The Balaban J connectivity index is 2.47. The van der Waals surface area contributed by atoms with Gasteiger partial charge < -0.3 is 5.11 Å². The van der Waals surface area contributed by atoms with E-state index in [1.54, 1.807) is 4.31 Å². The molecule has 0 aliphatic carbocycles. The topological polar surface area (TPSA) is 57.6 Å². The van der Waals surface area contributed by atoms with Crippen LogP contribution in [0.4, 0.5) is 0 Å². The number of hydrogen-bond acceptors (Lipinski definition) is 3. The van der Waals surface area contributed by atoms with Gasteiger partial charge in [0.1, 0.15) is 0 Å². The Bertz CT molecular complexity index is 290. The van der Waals surface area contributed by atoms with E-state index in [9.17, 15) is 8.42 Å². The molecule has 0 saturated carbocycles. The summed E-state index contributed by atoms with van der Waals surface area (Å²) in [5.74, 6) is 0.819. The highest BCUT2D eigenvalue weighted by atomic mass is 32.2. The summed E-state index contributed by atoms with van der Waals surface area (Å²) in [7, 11) is -3.08. The number of aliphatic hydroxyl groups is 1. The first-order valence-corrected chi connectivity index (χ1v) is 7.76. The van der Waals surface area contributed by atoms with Crippen LogP contribution in [0.5, 0.6) is 0 Å². The molecule has 0 aromatic carbocycles. The van der Waals surface area contributed by atoms with Crippen molar-refractivity contribution < 1.29 is 13.5 Å². The molecule has 0 aromatic rings. The second-order valence-corrected chi connectivity index (χ2v) is 6.77. The Morgan fingerprint density at radius 2 is 2.00 bits per heavy atom. The summed E-state index contributed by atoms with van der Waals surface area (Å²) >= 11 is 0. The van der Waals surface area contributed by atoms with Crippen LogP contribution in [-0.4, -0.2) is 43.3 Å². The van der Waals surface area contributed by atoms with Gasteiger partial charge in [-0.25, -0.2) is 12.7 Å². The summed E-state index contributed by atoms with van der Waals surface area (Å²) in [6, 6.07) is 0. The summed E-state index contributed by atoms with van der Waals surface area (Å²) in [6.07, 6.45) is 4.21. The largest absolute Gasteiger partial charge is 0.396 e. The molecule has 1 aliphatic heterocycles. The predicted octanol–water partition coefficient (Wildman–Crippen LogP) is 1.21. The van der Waals surface area contributed by atoms with Crippen LogP contribution in [0.15, 0.2) is 0 Å². The molecule has 0 spiro atoms. The van der Waals surface area contributed by atoms with E-state index in [4.69, 9.17) is 5.11 Å². The Kier molecular flexibility index (Phi) is 5.72. The summed E-state index contributed by atoms with van der Waals surface area (Å²) in [4.78, 5) is 0. The van der Waals surface area contributed by atoms with Crippen LogP contribution in [0, 0.1) is 5.92 Å². The lowest BCUT2D eigenvalue weighted by atomic mass is 10.0. The van der Waals surface area contributed by atoms with Crippen molar-refractivity contribution in [2.45, 2.75) is 39.0 Å². The number of nitrogens with zero attached hydrogens (tertiary/aromatic N) is 1. The van der Waals surface area contributed by atoms with Crippen LogP contribution >= 0.6 is 0 Å². The maximum Gasteiger partial charge on any atom is 0.214 e. The number of hydrogen-bond donors (Lipinski definition) is 1. The molecule has 1 aliphatic rings. The average molecular weight is 249 g/mol. The highest BCUT2D eigenvalue weighted by Crippen LogP contribution is 2.19. The normalized spacial score (nSPS) is 24.2. The minimum atomic E-state index is -3.08. The molecule has 96 valence electrons. The molecular formula is C11H23NO3S. The van der Waals surface area contributed by atoms with E-state index in [1.165, 1.54) is 0 Å². The third-order valence-corrected chi connectivity index (χ3v) is 5.14. The molecule has 4 nitrogen and oxygen atoms in total. The second kappa shape index (κ2) is 6.57. The zero-order chi connectivity index (χ0) is 12.0. The number of rotatable bonds is 5. The van der Waals surface area contributed by atoms with Gasteiger partial charge in [0.25, 0.3) is 0 Å². The highest BCUT2D eigenvalue weighted by molar-refractivity contribution is 7.89. The first-order chi connectivity index (χ1) is 7.56. The summed E-state index contributed by atoms with van der Waals surface area (Å²) in [6.45, 7) is 3.60. The molecular weight excluding hydrogens is 226 g/mol. The number of unbranched alkanes of at least 4 members (excludes halogenated alkanes) is 1. The fourth-order valence-electron chi connectivity index (χ4n) is 2.04. The molecule has 0 amide bonds. The van der Waals surface area contributed by atoms with E-state index in [1.807, 2.05) is 0 Å². The fraction of sp³-hybridized carbons (Fsp3) is 1.00. The minimum absolute atomic E-state index is 0.0759. The molecule has 0 aromatic heterocycles. The van der Waals surface area contributed by atoms with Crippen molar-refractivity contribution in [2.75, 3.05) is 25.4 Å². The Morgan fingerprint density at radius 1 is 1.25 bits per heavy atom. The van der Waals surface area contributed by atoms with E-state index >= 15 is 0 Å². The van der Waals surface area contributed by atoms with E-state index < -0.39 is 10.0 Å². The van der Waals surface area contributed by atoms with Crippen LogP contribution in [0.1, 0.15) is 39.0 Å². The lowest BCUT2D eigenvalue weighted by Crippen LogP contribution is -2.34. The predicted molar refractivity (Wildman–Crippen MR) is 64.7 cm³/mol. The molecule has 1 fully saturated rings. The quantitative estimate of drug-likeness (QED) is 0.745. The molecule has 16 heavy (non-hydrogen) atoms. The standard InChI is InChI=1S/C11H23NO3S/c1-11-5-4-7-12(8-6-11)16(14,15)10-3-2-9-13/h11,13H,2-10H2,1H3. The van der Waals surface area contributed by atoms with Gasteiger partial charge in [0, 0.05) is 19.7 Å². The van der Waals surface area contributed by atoms with Crippen molar-refractivity contribution >= 4 is 10.0 Å². The molecule has 1 unspecified atom stereocenters. The Labute approximate surface area is 98.7 Å². The van der Waals surface area contributed by atoms with Crippen molar-refractivity contribution in [3.05, 3.63) is 0 Å². The van der Waals surface area contributed by atoms with Crippen molar-refractivity contribution in [3.8, 4) is 0 Å². The summed E-state index contributed by atoms with van der Waals surface area (Å²) in [5.41, 5.74) is 0. The first-order valence-electron chi connectivity index (χ1n) is 6.15. The monoisotopic (exact) mass is 249 g/mol. The van der Waals surface area contributed by atoms with Gasteiger partial charge in [-0.2, -0.15) is 0 Å². The van der Waals surface area contributed by atoms with Gasteiger partial charge >= 0.3 is 0 Å². The molecule has 1 saturated heterocycles. The van der Waals surface area contributed by atoms with E-state index in [-0.39, 0.29) is 12.4 Å².